The number of halogens is 2. The molecule has 0 bridgehead atoms. The average molecular weight is 363 g/mol. The van der Waals surface area contributed by atoms with E-state index in [1.165, 1.54) is 17.8 Å². The van der Waals surface area contributed by atoms with Crippen molar-refractivity contribution in [2.45, 2.75) is 19.4 Å². The van der Waals surface area contributed by atoms with Gasteiger partial charge in [0.15, 0.2) is 5.17 Å². The van der Waals surface area contributed by atoms with Gasteiger partial charge in [0.25, 0.3) is 0 Å². The van der Waals surface area contributed by atoms with Crippen molar-refractivity contribution < 1.29 is 9.18 Å². The molecule has 2 aromatic carbocycles. The predicted molar refractivity (Wildman–Crippen MR) is 98.4 cm³/mol. The summed E-state index contributed by atoms with van der Waals surface area (Å²) in [6.07, 6.45) is -0.0245. The van der Waals surface area contributed by atoms with E-state index in [0.29, 0.717) is 21.4 Å². The predicted octanol–water partition coefficient (Wildman–Crippen LogP) is 4.55. The third-order valence-corrected chi connectivity index (χ3v) is 5.06. The van der Waals surface area contributed by atoms with Gasteiger partial charge in [0.1, 0.15) is 5.82 Å². The second-order valence-electron chi connectivity index (χ2n) is 5.55. The maximum absolute atomic E-state index is 13.9. The molecule has 0 aliphatic carbocycles. The quantitative estimate of drug-likeness (QED) is 0.802. The minimum Gasteiger partial charge on any atom is -0.274 e. The Morgan fingerprint density at radius 3 is 2.62 bits per heavy atom. The summed E-state index contributed by atoms with van der Waals surface area (Å²) in [7, 11) is 0. The van der Waals surface area contributed by atoms with E-state index >= 15 is 0 Å². The topological polar surface area (TPSA) is 32.7 Å². The van der Waals surface area contributed by atoms with E-state index in [2.05, 4.69) is 4.99 Å². The zero-order valence-corrected chi connectivity index (χ0v) is 14.6. The van der Waals surface area contributed by atoms with E-state index in [-0.39, 0.29) is 24.2 Å². The molecular weight excluding hydrogens is 347 g/mol. The van der Waals surface area contributed by atoms with Gasteiger partial charge in [-0.2, -0.15) is 0 Å². The molecule has 3 rings (SSSR count). The number of amides is 1. The summed E-state index contributed by atoms with van der Waals surface area (Å²) in [5.41, 5.74) is 1.05. The molecule has 24 heavy (non-hydrogen) atoms. The van der Waals surface area contributed by atoms with Gasteiger partial charge in [-0.15, -0.1) is 0 Å². The van der Waals surface area contributed by atoms with Crippen LogP contribution in [-0.2, 0) is 11.2 Å². The molecule has 0 aromatic heterocycles. The normalized spacial score (nSPS) is 16.8. The van der Waals surface area contributed by atoms with Gasteiger partial charge < -0.3 is 0 Å². The maximum Gasteiger partial charge on any atom is 0.237 e. The largest absolute Gasteiger partial charge is 0.274 e. The highest BCUT2D eigenvalue weighted by atomic mass is 35.5. The van der Waals surface area contributed by atoms with Crippen molar-refractivity contribution in [1.29, 1.82) is 0 Å². The minimum atomic E-state index is -0.378. The van der Waals surface area contributed by atoms with Gasteiger partial charge in [0.05, 0.1) is 18.2 Å². The minimum absolute atomic E-state index is 0.0245. The monoisotopic (exact) mass is 362 g/mol. The second kappa shape index (κ2) is 7.36. The molecule has 0 saturated carbocycles. The molecule has 1 heterocycles. The van der Waals surface area contributed by atoms with E-state index in [9.17, 15) is 9.18 Å². The molecule has 1 aliphatic heterocycles. The van der Waals surface area contributed by atoms with Crippen molar-refractivity contribution in [1.82, 2.24) is 0 Å². The molecule has 3 nitrogen and oxygen atoms in total. The third-order valence-electron chi connectivity index (χ3n) is 3.61. The lowest BCUT2D eigenvalue weighted by Gasteiger charge is -2.22. The van der Waals surface area contributed by atoms with Gasteiger partial charge in [0, 0.05) is 10.8 Å². The Kier molecular flexibility index (Phi) is 5.21. The van der Waals surface area contributed by atoms with Crippen molar-refractivity contribution in [3.63, 3.8) is 0 Å². The maximum atomic E-state index is 13.9. The van der Waals surface area contributed by atoms with Crippen molar-refractivity contribution in [3.05, 3.63) is 64.9 Å². The van der Waals surface area contributed by atoms with Gasteiger partial charge >= 0.3 is 0 Å². The zero-order chi connectivity index (χ0) is 17.1. The molecule has 1 amide bonds. The molecule has 0 radical (unpaired) electrons. The third kappa shape index (κ3) is 3.79. The molecule has 0 fully saturated rings. The van der Waals surface area contributed by atoms with Crippen LogP contribution in [0.1, 0.15) is 12.5 Å². The number of benzene rings is 2. The van der Waals surface area contributed by atoms with Gasteiger partial charge in [-0.25, -0.2) is 4.39 Å². The Morgan fingerprint density at radius 1 is 1.29 bits per heavy atom. The van der Waals surface area contributed by atoms with Gasteiger partial charge in [-0.05, 0) is 42.8 Å². The standard InChI is InChI=1S/C18H16ClFN2OS/c1-12-11-24-18(21-12)22(15-8-6-14(19)7-9-15)17(23)10-13-4-2-3-5-16(13)20/h2-9,12H,10-11H2,1H3/t12-/m1/s1. The first kappa shape index (κ1) is 17.0. The van der Waals surface area contributed by atoms with E-state index in [1.54, 1.807) is 47.4 Å². The lowest BCUT2D eigenvalue weighted by Crippen LogP contribution is -2.36. The molecule has 1 aliphatic rings. The first-order chi connectivity index (χ1) is 11.5. The summed E-state index contributed by atoms with van der Waals surface area (Å²) in [5.74, 6) is 0.228. The van der Waals surface area contributed by atoms with Crippen molar-refractivity contribution in [3.8, 4) is 0 Å². The van der Waals surface area contributed by atoms with Crippen LogP contribution in [-0.4, -0.2) is 22.9 Å². The fourth-order valence-corrected chi connectivity index (χ4v) is 3.60. The van der Waals surface area contributed by atoms with E-state index in [0.717, 1.165) is 5.75 Å². The van der Waals surface area contributed by atoms with Crippen molar-refractivity contribution in [2.75, 3.05) is 10.7 Å². The Hall–Kier alpha value is -1.85. The molecule has 0 N–H and O–H groups in total. The van der Waals surface area contributed by atoms with Crippen LogP contribution in [0.2, 0.25) is 5.02 Å². The number of amidine groups is 1. The number of aliphatic imine (C=N–C) groups is 1. The van der Waals surface area contributed by atoms with E-state index in [1.807, 2.05) is 6.92 Å². The summed E-state index contributed by atoms with van der Waals surface area (Å²) in [6.45, 7) is 2.00. The summed E-state index contributed by atoms with van der Waals surface area (Å²) in [5, 5.41) is 1.24. The highest BCUT2D eigenvalue weighted by molar-refractivity contribution is 8.14. The molecule has 1 atom stereocenters. The molecular formula is C18H16ClFN2OS. The molecule has 0 unspecified atom stereocenters. The smallest absolute Gasteiger partial charge is 0.237 e. The lowest BCUT2D eigenvalue weighted by atomic mass is 10.1. The highest BCUT2D eigenvalue weighted by Crippen LogP contribution is 2.27. The van der Waals surface area contributed by atoms with Gasteiger partial charge in [-0.3, -0.25) is 14.7 Å². The summed E-state index contributed by atoms with van der Waals surface area (Å²) >= 11 is 7.47. The Balaban J connectivity index is 1.92. The first-order valence-electron chi connectivity index (χ1n) is 7.57. The molecule has 0 saturated heterocycles. The highest BCUT2D eigenvalue weighted by Gasteiger charge is 2.27. The SMILES string of the molecule is C[C@@H]1CSC(N(C(=O)Cc2ccccc2F)c2ccc(Cl)cc2)=N1. The van der Waals surface area contributed by atoms with Crippen molar-refractivity contribution in [2.24, 2.45) is 4.99 Å². The summed E-state index contributed by atoms with van der Waals surface area (Å²) in [4.78, 5) is 19.0. The van der Waals surface area contributed by atoms with Crippen LogP contribution >= 0.6 is 23.4 Å². The molecule has 0 spiro atoms. The van der Waals surface area contributed by atoms with Gasteiger partial charge in [-0.1, -0.05) is 41.6 Å². The number of carbonyl (C=O) groups excluding carboxylic acids is 1. The van der Waals surface area contributed by atoms with Crippen LogP contribution in [0, 0.1) is 5.82 Å². The van der Waals surface area contributed by atoms with Gasteiger partial charge in [0.2, 0.25) is 5.91 Å². The number of nitrogens with zero attached hydrogens (tertiary/aromatic N) is 2. The Morgan fingerprint density at radius 2 is 2.00 bits per heavy atom. The molecule has 124 valence electrons. The number of thioether (sulfide) groups is 1. The summed E-state index contributed by atoms with van der Waals surface area (Å²) < 4.78 is 13.9. The van der Waals surface area contributed by atoms with Crippen LogP contribution in [0.4, 0.5) is 10.1 Å². The Bertz CT molecular complexity index is 779. The van der Waals surface area contributed by atoms with Crippen molar-refractivity contribution >= 4 is 40.1 Å². The number of carbonyl (C=O) groups is 1. The average Bonchev–Trinajstić information content (AvgIpc) is 2.98. The van der Waals surface area contributed by atoms with E-state index < -0.39 is 0 Å². The zero-order valence-electron chi connectivity index (χ0n) is 13.1. The number of hydrogen-bond acceptors (Lipinski definition) is 3. The number of anilines is 1. The van der Waals surface area contributed by atoms with Crippen LogP contribution < -0.4 is 4.90 Å². The lowest BCUT2D eigenvalue weighted by molar-refractivity contribution is -0.117. The number of hydrogen-bond donors (Lipinski definition) is 0. The summed E-state index contributed by atoms with van der Waals surface area (Å²) in [6, 6.07) is 13.5. The van der Waals surface area contributed by atoms with Crippen LogP contribution in [0.25, 0.3) is 0 Å². The Labute approximate surface area is 149 Å². The first-order valence-corrected chi connectivity index (χ1v) is 8.93. The van der Waals surface area contributed by atoms with Crippen LogP contribution in [0.3, 0.4) is 0 Å². The van der Waals surface area contributed by atoms with E-state index in [4.69, 9.17) is 11.6 Å². The second-order valence-corrected chi connectivity index (χ2v) is 6.97. The molecule has 2 aromatic rings. The number of rotatable bonds is 3. The van der Waals surface area contributed by atoms with Crippen LogP contribution in [0.5, 0.6) is 0 Å². The fraction of sp³-hybridized carbons (Fsp3) is 0.222. The fourth-order valence-electron chi connectivity index (χ4n) is 2.42. The molecule has 6 heteroatoms. The van der Waals surface area contributed by atoms with Crippen LogP contribution in [0.15, 0.2) is 53.5 Å².